The van der Waals surface area contributed by atoms with E-state index in [0.29, 0.717) is 24.7 Å². The third-order valence-electron chi connectivity index (χ3n) is 6.43. The lowest BCUT2D eigenvalue weighted by Gasteiger charge is -2.19. The van der Waals surface area contributed by atoms with Gasteiger partial charge in [-0.15, -0.1) is 0 Å². The maximum atomic E-state index is 11.7. The van der Waals surface area contributed by atoms with Crippen LogP contribution in [0.4, 0.5) is 0 Å². The molecule has 4 heteroatoms. The molecule has 0 radical (unpaired) electrons. The summed E-state index contributed by atoms with van der Waals surface area (Å²) in [5, 5.41) is 20.9. The maximum absolute atomic E-state index is 11.7. The Hall–Kier alpha value is -1.91. The molecule has 0 spiro atoms. The normalized spacial score (nSPS) is 27.1. The van der Waals surface area contributed by atoms with Crippen LogP contribution in [0.3, 0.4) is 0 Å². The van der Waals surface area contributed by atoms with E-state index in [2.05, 4.69) is 12.2 Å². The second-order valence-electron chi connectivity index (χ2n) is 8.87. The highest BCUT2D eigenvalue weighted by molar-refractivity contribution is 5.75. The smallest absolute Gasteiger partial charge is 0.222 e. The highest BCUT2D eigenvalue weighted by Crippen LogP contribution is 2.48. The van der Waals surface area contributed by atoms with E-state index in [-0.39, 0.29) is 17.9 Å². The van der Waals surface area contributed by atoms with Gasteiger partial charge in [-0.05, 0) is 49.5 Å². The molecule has 0 bridgehead atoms. The van der Waals surface area contributed by atoms with Crippen molar-refractivity contribution in [3.05, 3.63) is 59.7 Å². The lowest BCUT2D eigenvalue weighted by molar-refractivity contribution is -0.128. The van der Waals surface area contributed by atoms with Crippen molar-refractivity contribution in [2.24, 2.45) is 17.8 Å². The fraction of sp³-hybridized carbons (Fsp3) is 0.560. The molecular weight excluding hydrogens is 362 g/mol. The third-order valence-corrected chi connectivity index (χ3v) is 6.43. The van der Waals surface area contributed by atoms with Gasteiger partial charge < -0.3 is 15.1 Å². The van der Waals surface area contributed by atoms with Crippen LogP contribution in [0.15, 0.2) is 54.1 Å². The van der Waals surface area contributed by atoms with Gasteiger partial charge >= 0.3 is 0 Å². The monoisotopic (exact) mass is 397 g/mol. The lowest BCUT2D eigenvalue weighted by atomic mass is 9.88. The first-order chi connectivity index (χ1) is 13.9. The molecule has 1 aromatic rings. The van der Waals surface area contributed by atoms with Gasteiger partial charge in [-0.2, -0.15) is 0 Å². The van der Waals surface area contributed by atoms with Crippen LogP contribution in [-0.2, 0) is 11.2 Å². The van der Waals surface area contributed by atoms with Crippen LogP contribution < -0.4 is 0 Å². The van der Waals surface area contributed by atoms with Crippen LogP contribution in [0, 0.1) is 17.8 Å². The minimum atomic E-state index is -0.522. The molecule has 0 aliphatic heterocycles. The first-order valence-corrected chi connectivity index (χ1v) is 10.9. The summed E-state index contributed by atoms with van der Waals surface area (Å²) in [4.78, 5) is 13.3. The van der Waals surface area contributed by atoms with Gasteiger partial charge in [0, 0.05) is 32.9 Å². The number of nitrogens with zero attached hydrogens (tertiary/aromatic N) is 1. The molecule has 0 heterocycles. The van der Waals surface area contributed by atoms with Crippen molar-refractivity contribution in [1.82, 2.24) is 4.90 Å². The number of benzene rings is 1. The molecule has 3 rings (SSSR count). The highest BCUT2D eigenvalue weighted by atomic mass is 16.3. The number of rotatable bonds is 9. The molecule has 158 valence electrons. The predicted octanol–water partition coefficient (Wildman–Crippen LogP) is 3.74. The van der Waals surface area contributed by atoms with Gasteiger partial charge in [0.2, 0.25) is 5.91 Å². The molecule has 29 heavy (non-hydrogen) atoms. The standard InChI is InChI=1S/C25H35NO3/c1-26(2)25(29)11-7-6-10-19-14-20-17-24(28)22(23(20)16-19)13-12-21(27)15-18-8-4-3-5-9-18/h3-5,8-9,12-14,20-24,27-28H,6-7,10-11,15-17H2,1-2H3/t20-,21-,22+,23-,24+/m0/s1. The zero-order valence-corrected chi connectivity index (χ0v) is 17.7. The summed E-state index contributed by atoms with van der Waals surface area (Å²) in [6.45, 7) is 0. The fourth-order valence-electron chi connectivity index (χ4n) is 4.82. The van der Waals surface area contributed by atoms with E-state index in [1.807, 2.05) is 36.4 Å². The van der Waals surface area contributed by atoms with Gasteiger partial charge in [-0.1, -0.05) is 54.1 Å². The molecule has 0 aromatic heterocycles. The van der Waals surface area contributed by atoms with E-state index in [4.69, 9.17) is 0 Å². The quantitative estimate of drug-likeness (QED) is 0.493. The number of hydrogen-bond acceptors (Lipinski definition) is 3. The number of fused-ring (bicyclic) bond motifs is 1. The third kappa shape index (κ3) is 6.03. The summed E-state index contributed by atoms with van der Waals surface area (Å²) in [7, 11) is 3.61. The number of aliphatic hydroxyl groups is 2. The summed E-state index contributed by atoms with van der Waals surface area (Å²) < 4.78 is 0. The van der Waals surface area contributed by atoms with Gasteiger partial charge in [-0.3, -0.25) is 4.79 Å². The van der Waals surface area contributed by atoms with Crippen molar-refractivity contribution < 1.29 is 15.0 Å². The topological polar surface area (TPSA) is 60.8 Å². The Morgan fingerprint density at radius 1 is 1.24 bits per heavy atom. The first kappa shape index (κ1) is 21.8. The van der Waals surface area contributed by atoms with Crippen molar-refractivity contribution >= 4 is 5.91 Å². The number of hydrogen-bond donors (Lipinski definition) is 2. The van der Waals surface area contributed by atoms with E-state index in [1.165, 1.54) is 5.57 Å². The molecule has 2 aliphatic carbocycles. The first-order valence-electron chi connectivity index (χ1n) is 10.9. The Morgan fingerprint density at radius 2 is 2.00 bits per heavy atom. The SMILES string of the molecule is CN(C)C(=O)CCCCC1=C[C@H]2C[C@@H](O)[C@H](C=C[C@H](O)Cc3ccccc3)[C@H]2C1. The molecule has 5 atom stereocenters. The average Bonchev–Trinajstić information content (AvgIpc) is 3.20. The van der Waals surface area contributed by atoms with Crippen molar-refractivity contribution in [1.29, 1.82) is 0 Å². The van der Waals surface area contributed by atoms with Gasteiger partial charge in [0.1, 0.15) is 0 Å². The molecule has 1 aromatic carbocycles. The highest BCUT2D eigenvalue weighted by Gasteiger charge is 2.43. The molecule has 2 N–H and O–H groups in total. The molecule has 1 amide bonds. The lowest BCUT2D eigenvalue weighted by Crippen LogP contribution is -2.21. The van der Waals surface area contributed by atoms with Gasteiger partial charge in [-0.25, -0.2) is 0 Å². The van der Waals surface area contributed by atoms with Gasteiger partial charge in [0.25, 0.3) is 0 Å². The summed E-state index contributed by atoms with van der Waals surface area (Å²) >= 11 is 0. The van der Waals surface area contributed by atoms with Crippen LogP contribution in [0.1, 0.15) is 44.1 Å². The number of aliphatic hydroxyl groups excluding tert-OH is 2. The second-order valence-corrected chi connectivity index (χ2v) is 8.87. The predicted molar refractivity (Wildman–Crippen MR) is 116 cm³/mol. The van der Waals surface area contributed by atoms with Crippen molar-refractivity contribution in [2.75, 3.05) is 14.1 Å². The summed E-state index contributed by atoms with van der Waals surface area (Å²) in [5.41, 5.74) is 2.60. The van der Waals surface area contributed by atoms with Crippen LogP contribution in [0.2, 0.25) is 0 Å². The molecule has 0 saturated heterocycles. The second kappa shape index (κ2) is 10.2. The molecule has 1 fully saturated rings. The Kier molecular flexibility index (Phi) is 7.68. The van der Waals surface area contributed by atoms with Crippen molar-refractivity contribution in [2.45, 2.75) is 57.2 Å². The van der Waals surface area contributed by atoms with Gasteiger partial charge in [0.15, 0.2) is 0 Å². The Morgan fingerprint density at radius 3 is 2.72 bits per heavy atom. The zero-order valence-electron chi connectivity index (χ0n) is 17.7. The number of allylic oxidation sites excluding steroid dienone is 2. The van der Waals surface area contributed by atoms with Crippen molar-refractivity contribution in [3.8, 4) is 0 Å². The minimum Gasteiger partial charge on any atom is -0.392 e. The van der Waals surface area contributed by atoms with E-state index >= 15 is 0 Å². The summed E-state index contributed by atoms with van der Waals surface area (Å²) in [5.74, 6) is 1.21. The largest absolute Gasteiger partial charge is 0.392 e. The summed E-state index contributed by atoms with van der Waals surface area (Å²) in [6.07, 6.45) is 11.6. The molecular formula is C25H35NO3. The van der Waals surface area contributed by atoms with Crippen LogP contribution in [-0.4, -0.2) is 47.3 Å². The summed E-state index contributed by atoms with van der Waals surface area (Å²) in [6, 6.07) is 10.00. The Bertz CT molecular complexity index is 725. The van der Waals surface area contributed by atoms with Crippen LogP contribution in [0.5, 0.6) is 0 Å². The molecule has 4 nitrogen and oxygen atoms in total. The average molecular weight is 398 g/mol. The van der Waals surface area contributed by atoms with E-state index in [1.54, 1.807) is 19.0 Å². The maximum Gasteiger partial charge on any atom is 0.222 e. The number of amides is 1. The van der Waals surface area contributed by atoms with E-state index in [0.717, 1.165) is 37.7 Å². The van der Waals surface area contributed by atoms with Gasteiger partial charge in [0.05, 0.1) is 12.2 Å². The number of carbonyl (C=O) groups excluding carboxylic acids is 1. The minimum absolute atomic E-state index is 0.120. The van der Waals surface area contributed by atoms with E-state index in [9.17, 15) is 15.0 Å². The number of unbranched alkanes of at least 4 members (excludes halogenated alkanes) is 1. The molecule has 2 aliphatic rings. The Balaban J connectivity index is 1.46. The molecule has 1 saturated carbocycles. The Labute approximate surface area is 174 Å². The molecule has 0 unspecified atom stereocenters. The van der Waals surface area contributed by atoms with Crippen LogP contribution in [0.25, 0.3) is 0 Å². The van der Waals surface area contributed by atoms with E-state index < -0.39 is 6.10 Å². The van der Waals surface area contributed by atoms with Crippen molar-refractivity contribution in [3.63, 3.8) is 0 Å². The number of carbonyl (C=O) groups is 1. The fourth-order valence-corrected chi connectivity index (χ4v) is 4.82. The van der Waals surface area contributed by atoms with Crippen LogP contribution >= 0.6 is 0 Å². The zero-order chi connectivity index (χ0) is 20.8.